The van der Waals surface area contributed by atoms with Crippen molar-refractivity contribution in [3.8, 4) is 45.6 Å². The van der Waals surface area contributed by atoms with Gasteiger partial charge in [0, 0.05) is 162 Å². The number of aromatic amines is 2. The van der Waals surface area contributed by atoms with Gasteiger partial charge in [0.15, 0.2) is 23.3 Å². The summed E-state index contributed by atoms with van der Waals surface area (Å²) in [7, 11) is 16.5. The molecule has 8 bridgehead atoms. The average molecular weight is 1120 g/mol. The van der Waals surface area contributed by atoms with E-state index in [0.29, 0.717) is 45.9 Å². The van der Waals surface area contributed by atoms with Crippen molar-refractivity contribution in [3.63, 3.8) is 0 Å². The van der Waals surface area contributed by atoms with Crippen LogP contribution in [-0.4, -0.2) is 96.3 Å². The van der Waals surface area contributed by atoms with Gasteiger partial charge in [0.05, 0.1) is 0 Å². The molecule has 0 atom stereocenters. The summed E-state index contributed by atoms with van der Waals surface area (Å²) in [5, 5.41) is 3.65. The third-order valence-electron chi connectivity index (χ3n) is 14.0. The van der Waals surface area contributed by atoms with Gasteiger partial charge in [-0.15, -0.1) is 0 Å². The highest BCUT2D eigenvalue weighted by Gasteiger charge is 2.27. The number of H-pyrrole nitrogens is 2. The molecule has 0 unspecified atom stereocenters. The van der Waals surface area contributed by atoms with Crippen LogP contribution < -0.4 is 19.6 Å². The first-order chi connectivity index (χ1) is 38.9. The second-order valence-electron chi connectivity index (χ2n) is 20.3. The fraction of sp³-hybridized carbons (Fsp3) is 0.125. The van der Waals surface area contributed by atoms with E-state index in [-0.39, 0.29) is 0 Å². The van der Waals surface area contributed by atoms with Gasteiger partial charge >= 0.3 is 0 Å². The molecule has 16 heteroatoms. The van der Waals surface area contributed by atoms with Crippen LogP contribution >= 0.6 is 47.0 Å². The first-order valence-electron chi connectivity index (χ1n) is 26.0. The molecule has 3 aromatic heterocycles. The Morgan fingerprint density at radius 3 is 0.950 bits per heavy atom. The highest BCUT2D eigenvalue weighted by molar-refractivity contribution is 8.00. The van der Waals surface area contributed by atoms with Crippen molar-refractivity contribution in [2.24, 2.45) is 0 Å². The number of nitrogens with zero attached hydrogens (tertiary/aromatic N) is 10. The second kappa shape index (κ2) is 21.1. The number of aromatic nitrogens is 8. The summed E-state index contributed by atoms with van der Waals surface area (Å²) in [6.45, 7) is 0. The van der Waals surface area contributed by atoms with Crippen molar-refractivity contribution in [2.45, 2.75) is 39.2 Å². The number of hydrogen-bond acceptors (Lipinski definition) is 14. The lowest BCUT2D eigenvalue weighted by atomic mass is 10.1. The van der Waals surface area contributed by atoms with Gasteiger partial charge in [0.1, 0.15) is 22.6 Å². The maximum atomic E-state index is 5.57. The molecular weight excluding hydrogens is 1070 g/mol. The summed E-state index contributed by atoms with van der Waals surface area (Å²) < 4.78 is 0. The smallest absolute Gasteiger partial charge is 0.165 e. The summed E-state index contributed by atoms with van der Waals surface area (Å²) in [4.78, 5) is 57.6. The van der Waals surface area contributed by atoms with Crippen LogP contribution in [0.25, 0.3) is 89.7 Å². The minimum absolute atomic E-state index is 0.537. The minimum Gasteiger partial charge on any atom is -0.378 e. The summed E-state index contributed by atoms with van der Waals surface area (Å²) in [6.07, 6.45) is 0. The Bertz CT molecular complexity index is 4150. The topological polar surface area (TPSA) is 122 Å². The van der Waals surface area contributed by atoms with Crippen LogP contribution in [0.2, 0.25) is 0 Å². The second-order valence-corrected chi connectivity index (χ2v) is 24.8. The van der Waals surface area contributed by atoms with Gasteiger partial charge in [-0.2, -0.15) is 0 Å². The van der Waals surface area contributed by atoms with Crippen LogP contribution in [0.1, 0.15) is 0 Å². The zero-order valence-electron chi connectivity index (χ0n) is 45.3. The molecule has 394 valence electrons. The van der Waals surface area contributed by atoms with E-state index >= 15 is 0 Å². The first kappa shape index (κ1) is 51.2. The summed E-state index contributed by atoms with van der Waals surface area (Å²) in [5.41, 5.74) is 10.5. The Morgan fingerprint density at radius 2 is 0.600 bits per heavy atom. The zero-order valence-corrected chi connectivity index (χ0v) is 48.5. The highest BCUT2D eigenvalue weighted by atomic mass is 32.2. The molecule has 80 heavy (non-hydrogen) atoms. The molecular formula is C64H54N12S4. The standard InChI is InChI=1S/C64H54N12S4/c1-73(2)37-17-9-21-41(33-37)77-49-29-13-25-45-53(49)61-65-57(45)70-62-55-47(27-15-31-51(55)79-43-23-11-19-39(35-43)75(5)6)59(67-62)72-64-56-48(28-16-32-52(56)80-44-24-12-20-40(36-44)76(7)8)60(68-64)71-63-54-46(58(66-63)69-61)26-14-30-50(54)78-42-22-10-18-38(34-42)74(3)4/h9-36H,1-8H3,(H2,65,66,67,68,69,70,71,72). The van der Waals surface area contributed by atoms with Gasteiger partial charge in [-0.1, -0.05) is 120 Å². The highest BCUT2D eigenvalue weighted by Crippen LogP contribution is 2.47. The summed E-state index contributed by atoms with van der Waals surface area (Å²) in [5.74, 6) is 2.16. The SMILES string of the molecule is CN(C)c1cccc(Sc2cccc3c2-c2nc-3nc3[nH]c(nc4nc(nc5[nH]c(n2)c2cccc(Sc6cccc(N(C)C)c6)c52)-c2cccc(Sc5cccc(N(C)C)c5)c2-4)c2cccc(Sc4cccc(N(C)C)c4)c32)c1. The van der Waals surface area contributed by atoms with E-state index in [1.54, 1.807) is 47.0 Å². The van der Waals surface area contributed by atoms with Gasteiger partial charge in [0.25, 0.3) is 0 Å². The Kier molecular flexibility index (Phi) is 13.5. The van der Waals surface area contributed by atoms with E-state index in [0.717, 1.165) is 106 Å². The van der Waals surface area contributed by atoms with Crippen LogP contribution in [0.5, 0.6) is 0 Å². The van der Waals surface area contributed by atoms with Gasteiger partial charge in [0.2, 0.25) is 0 Å². The lowest BCUT2D eigenvalue weighted by molar-refractivity contribution is 1.12. The molecule has 0 spiro atoms. The van der Waals surface area contributed by atoms with Crippen molar-refractivity contribution in [3.05, 3.63) is 170 Å². The lowest BCUT2D eigenvalue weighted by Crippen LogP contribution is -2.08. The average Bonchev–Trinajstić information content (AvgIpc) is 4.28. The molecule has 0 amide bonds. The molecule has 5 heterocycles. The van der Waals surface area contributed by atoms with E-state index in [9.17, 15) is 0 Å². The fourth-order valence-electron chi connectivity index (χ4n) is 10.0. The lowest BCUT2D eigenvalue weighted by Gasteiger charge is -2.14. The Labute approximate surface area is 481 Å². The molecule has 13 rings (SSSR count). The number of benzene rings is 8. The van der Waals surface area contributed by atoms with Gasteiger partial charge < -0.3 is 29.6 Å². The molecule has 0 saturated heterocycles. The largest absolute Gasteiger partial charge is 0.378 e. The predicted molar refractivity (Wildman–Crippen MR) is 336 cm³/mol. The quantitative estimate of drug-likeness (QED) is 0.121. The van der Waals surface area contributed by atoms with Gasteiger partial charge in [-0.3, -0.25) is 0 Å². The molecule has 2 aliphatic rings. The van der Waals surface area contributed by atoms with Crippen molar-refractivity contribution in [1.29, 1.82) is 0 Å². The van der Waals surface area contributed by atoms with Gasteiger partial charge in [-0.05, 0) is 97.1 Å². The Morgan fingerprint density at radius 1 is 0.300 bits per heavy atom. The van der Waals surface area contributed by atoms with E-state index in [4.69, 9.17) is 29.9 Å². The van der Waals surface area contributed by atoms with Crippen molar-refractivity contribution in [1.82, 2.24) is 39.9 Å². The monoisotopic (exact) mass is 1120 g/mol. The minimum atomic E-state index is 0.537. The van der Waals surface area contributed by atoms with E-state index in [1.165, 1.54) is 0 Å². The Balaban J connectivity index is 1.12. The third kappa shape index (κ3) is 9.75. The normalized spacial score (nSPS) is 11.7. The molecule has 11 aromatic rings. The van der Waals surface area contributed by atoms with Crippen molar-refractivity contribution < 1.29 is 0 Å². The van der Waals surface area contributed by atoms with Gasteiger partial charge in [-0.25, -0.2) is 29.9 Å². The maximum absolute atomic E-state index is 5.57. The van der Waals surface area contributed by atoms with Crippen LogP contribution in [0.15, 0.2) is 209 Å². The number of rotatable bonds is 12. The fourth-order valence-corrected chi connectivity index (χ4v) is 14.1. The third-order valence-corrected chi connectivity index (χ3v) is 18.2. The van der Waals surface area contributed by atoms with Crippen LogP contribution in [-0.2, 0) is 0 Å². The van der Waals surface area contributed by atoms with Crippen molar-refractivity contribution in [2.75, 3.05) is 76.0 Å². The molecule has 2 aliphatic heterocycles. The predicted octanol–water partition coefficient (Wildman–Crippen LogP) is 15.7. The molecule has 0 fully saturated rings. The first-order valence-corrected chi connectivity index (χ1v) is 29.3. The van der Waals surface area contributed by atoms with Crippen LogP contribution in [0.4, 0.5) is 22.7 Å². The molecule has 2 N–H and O–H groups in total. The molecule has 8 aromatic carbocycles. The molecule has 0 aliphatic carbocycles. The maximum Gasteiger partial charge on any atom is 0.165 e. The molecule has 0 saturated carbocycles. The van der Waals surface area contributed by atoms with E-state index < -0.39 is 0 Å². The number of hydrogen-bond donors (Lipinski definition) is 2. The number of nitrogens with one attached hydrogen (secondary N) is 2. The summed E-state index contributed by atoms with van der Waals surface area (Å²) in [6, 6.07) is 59.8. The molecule has 0 radical (unpaired) electrons. The Hall–Kier alpha value is -8.28. The van der Waals surface area contributed by atoms with E-state index in [1.807, 2.05) is 0 Å². The van der Waals surface area contributed by atoms with E-state index in [2.05, 4.69) is 256 Å². The number of anilines is 4. The van der Waals surface area contributed by atoms with Crippen molar-refractivity contribution >= 4 is 114 Å². The summed E-state index contributed by atoms with van der Waals surface area (Å²) >= 11 is 6.78. The van der Waals surface area contributed by atoms with Crippen LogP contribution in [0.3, 0.4) is 0 Å². The van der Waals surface area contributed by atoms with Crippen LogP contribution in [0, 0.1) is 0 Å². The number of fused-ring (bicyclic) bond motifs is 20. The zero-order chi connectivity index (χ0) is 54.8. The molecule has 12 nitrogen and oxygen atoms in total.